The molecule has 0 radical (unpaired) electrons. The molecule has 1 heterocycles. The Balaban J connectivity index is 2.62. The number of esters is 1. The Morgan fingerprint density at radius 1 is 1.53 bits per heavy atom. The summed E-state index contributed by atoms with van der Waals surface area (Å²) >= 11 is 0. The van der Waals surface area contributed by atoms with Crippen molar-refractivity contribution in [2.24, 2.45) is 11.7 Å². The molecule has 5 heteroatoms. The fourth-order valence-corrected chi connectivity index (χ4v) is 1.80. The SMILES string of the molecule is CCCn1cc(CC(CN)C(=O)OC(C)(C)C)cn1. The molecule has 0 spiro atoms. The number of rotatable bonds is 6. The van der Waals surface area contributed by atoms with Gasteiger partial charge in [0.1, 0.15) is 5.60 Å². The summed E-state index contributed by atoms with van der Waals surface area (Å²) in [5.74, 6) is -0.545. The van der Waals surface area contributed by atoms with E-state index in [4.69, 9.17) is 10.5 Å². The normalized spacial score (nSPS) is 13.3. The molecule has 0 aliphatic rings. The second kappa shape index (κ2) is 6.70. The maximum atomic E-state index is 12.0. The topological polar surface area (TPSA) is 70.1 Å². The minimum Gasteiger partial charge on any atom is -0.460 e. The Kier molecular flexibility index (Phi) is 5.54. The van der Waals surface area contributed by atoms with Crippen LogP contribution in [0.3, 0.4) is 0 Å². The van der Waals surface area contributed by atoms with Crippen LogP contribution in [0, 0.1) is 5.92 Å². The number of nitrogens with zero attached hydrogens (tertiary/aromatic N) is 2. The molecule has 5 nitrogen and oxygen atoms in total. The summed E-state index contributed by atoms with van der Waals surface area (Å²) in [6, 6.07) is 0. The highest BCUT2D eigenvalue weighted by atomic mass is 16.6. The summed E-state index contributed by atoms with van der Waals surface area (Å²) < 4.78 is 7.26. The first-order valence-electron chi connectivity index (χ1n) is 6.80. The van der Waals surface area contributed by atoms with Crippen LogP contribution in [0.1, 0.15) is 39.7 Å². The number of aryl methyl sites for hydroxylation is 1. The van der Waals surface area contributed by atoms with Crippen molar-refractivity contribution in [1.82, 2.24) is 9.78 Å². The molecule has 2 N–H and O–H groups in total. The van der Waals surface area contributed by atoms with E-state index in [0.717, 1.165) is 18.5 Å². The van der Waals surface area contributed by atoms with Gasteiger partial charge in [0.2, 0.25) is 0 Å². The molecule has 1 unspecified atom stereocenters. The van der Waals surface area contributed by atoms with Crippen molar-refractivity contribution in [1.29, 1.82) is 0 Å². The van der Waals surface area contributed by atoms with Crippen LogP contribution < -0.4 is 5.73 Å². The van der Waals surface area contributed by atoms with Crippen LogP contribution in [0.25, 0.3) is 0 Å². The highest BCUT2D eigenvalue weighted by molar-refractivity contribution is 5.73. The molecule has 0 aliphatic carbocycles. The molecule has 0 bridgehead atoms. The average Bonchev–Trinajstić information content (AvgIpc) is 2.71. The first-order chi connectivity index (χ1) is 8.85. The Morgan fingerprint density at radius 3 is 2.74 bits per heavy atom. The molecule has 1 rings (SSSR count). The van der Waals surface area contributed by atoms with Crippen LogP contribution in [0.4, 0.5) is 0 Å². The molecule has 0 amide bonds. The zero-order valence-corrected chi connectivity index (χ0v) is 12.3. The quantitative estimate of drug-likeness (QED) is 0.797. The lowest BCUT2D eigenvalue weighted by Gasteiger charge is -2.23. The Bertz CT molecular complexity index is 407. The van der Waals surface area contributed by atoms with Crippen LogP contribution in [0.5, 0.6) is 0 Å². The van der Waals surface area contributed by atoms with E-state index in [0.29, 0.717) is 6.42 Å². The summed E-state index contributed by atoms with van der Waals surface area (Å²) in [5.41, 5.74) is 6.23. The lowest BCUT2D eigenvalue weighted by molar-refractivity contribution is -0.159. The van der Waals surface area contributed by atoms with Gasteiger partial charge < -0.3 is 10.5 Å². The fraction of sp³-hybridized carbons (Fsp3) is 0.714. The highest BCUT2D eigenvalue weighted by Crippen LogP contribution is 2.14. The van der Waals surface area contributed by atoms with Crippen LogP contribution in [0.2, 0.25) is 0 Å². The van der Waals surface area contributed by atoms with Crippen molar-refractivity contribution in [3.8, 4) is 0 Å². The highest BCUT2D eigenvalue weighted by Gasteiger charge is 2.24. The second-order valence-electron chi connectivity index (χ2n) is 5.78. The van der Waals surface area contributed by atoms with E-state index in [1.54, 1.807) is 6.20 Å². The van der Waals surface area contributed by atoms with Gasteiger partial charge in [-0.3, -0.25) is 9.48 Å². The van der Waals surface area contributed by atoms with Gasteiger partial charge in [-0.1, -0.05) is 6.92 Å². The van der Waals surface area contributed by atoms with Gasteiger partial charge in [-0.25, -0.2) is 0 Å². The Morgan fingerprint density at radius 2 is 2.21 bits per heavy atom. The molecule has 0 saturated heterocycles. The lowest BCUT2D eigenvalue weighted by Crippen LogP contribution is -2.33. The maximum absolute atomic E-state index is 12.0. The summed E-state index contributed by atoms with van der Waals surface area (Å²) in [6.07, 6.45) is 5.38. The number of nitrogens with two attached hydrogens (primary N) is 1. The van der Waals surface area contributed by atoms with Gasteiger partial charge in [-0.15, -0.1) is 0 Å². The van der Waals surface area contributed by atoms with E-state index in [-0.39, 0.29) is 18.4 Å². The molecular weight excluding hydrogens is 242 g/mol. The van der Waals surface area contributed by atoms with E-state index in [1.165, 1.54) is 0 Å². The third kappa shape index (κ3) is 5.42. The number of carbonyl (C=O) groups excluding carboxylic acids is 1. The molecule has 1 aromatic heterocycles. The predicted octanol–water partition coefficient (Wildman–Crippen LogP) is 1.75. The fourth-order valence-electron chi connectivity index (χ4n) is 1.80. The van der Waals surface area contributed by atoms with Gasteiger partial charge in [0, 0.05) is 19.3 Å². The monoisotopic (exact) mass is 267 g/mol. The first-order valence-corrected chi connectivity index (χ1v) is 6.80. The van der Waals surface area contributed by atoms with E-state index < -0.39 is 5.60 Å². The smallest absolute Gasteiger partial charge is 0.311 e. The van der Waals surface area contributed by atoms with Gasteiger partial charge >= 0.3 is 5.97 Å². The Hall–Kier alpha value is -1.36. The van der Waals surface area contributed by atoms with Crippen LogP contribution in [0.15, 0.2) is 12.4 Å². The van der Waals surface area contributed by atoms with Crippen molar-refractivity contribution in [3.05, 3.63) is 18.0 Å². The van der Waals surface area contributed by atoms with Crippen molar-refractivity contribution in [2.45, 2.75) is 52.7 Å². The van der Waals surface area contributed by atoms with Gasteiger partial charge in [0.05, 0.1) is 12.1 Å². The van der Waals surface area contributed by atoms with Gasteiger partial charge in [0.25, 0.3) is 0 Å². The van der Waals surface area contributed by atoms with E-state index in [1.807, 2.05) is 31.6 Å². The molecule has 0 aliphatic heterocycles. The average molecular weight is 267 g/mol. The summed E-state index contributed by atoms with van der Waals surface area (Å²) in [6.45, 7) is 8.85. The van der Waals surface area contributed by atoms with E-state index in [2.05, 4.69) is 12.0 Å². The Labute approximate surface area is 115 Å². The summed E-state index contributed by atoms with van der Waals surface area (Å²) in [5, 5.41) is 4.25. The van der Waals surface area contributed by atoms with Gasteiger partial charge in [-0.05, 0) is 39.2 Å². The van der Waals surface area contributed by atoms with E-state index >= 15 is 0 Å². The third-order valence-corrected chi connectivity index (χ3v) is 2.65. The number of aromatic nitrogens is 2. The zero-order chi connectivity index (χ0) is 14.5. The molecule has 0 aromatic carbocycles. The third-order valence-electron chi connectivity index (χ3n) is 2.65. The molecular formula is C14H25N3O2. The summed E-state index contributed by atoms with van der Waals surface area (Å²) in [7, 11) is 0. The van der Waals surface area contributed by atoms with Crippen molar-refractivity contribution in [3.63, 3.8) is 0 Å². The maximum Gasteiger partial charge on any atom is 0.311 e. The predicted molar refractivity (Wildman–Crippen MR) is 74.6 cm³/mol. The van der Waals surface area contributed by atoms with E-state index in [9.17, 15) is 4.79 Å². The van der Waals surface area contributed by atoms with Crippen molar-refractivity contribution in [2.75, 3.05) is 6.54 Å². The van der Waals surface area contributed by atoms with Gasteiger partial charge in [-0.2, -0.15) is 5.10 Å². The number of hydrogen-bond acceptors (Lipinski definition) is 4. The molecule has 0 saturated carbocycles. The minimum absolute atomic E-state index is 0.238. The summed E-state index contributed by atoms with van der Waals surface area (Å²) in [4.78, 5) is 12.0. The number of hydrogen-bond donors (Lipinski definition) is 1. The zero-order valence-electron chi connectivity index (χ0n) is 12.3. The van der Waals surface area contributed by atoms with Crippen molar-refractivity contribution < 1.29 is 9.53 Å². The number of ether oxygens (including phenoxy) is 1. The number of carbonyl (C=O) groups is 1. The molecule has 108 valence electrons. The van der Waals surface area contributed by atoms with Crippen LogP contribution in [-0.2, 0) is 22.5 Å². The lowest BCUT2D eigenvalue weighted by atomic mass is 10.0. The largest absolute Gasteiger partial charge is 0.460 e. The molecule has 1 aromatic rings. The van der Waals surface area contributed by atoms with Crippen LogP contribution >= 0.6 is 0 Å². The minimum atomic E-state index is -0.475. The van der Waals surface area contributed by atoms with Crippen molar-refractivity contribution >= 4 is 5.97 Å². The first kappa shape index (κ1) is 15.7. The standard InChI is InChI=1S/C14H25N3O2/c1-5-6-17-10-11(9-16-17)7-12(8-15)13(18)19-14(2,3)4/h9-10,12H,5-8,15H2,1-4H3. The molecule has 1 atom stereocenters. The van der Waals surface area contributed by atoms with Crippen LogP contribution in [-0.4, -0.2) is 27.9 Å². The molecule has 0 fully saturated rings. The van der Waals surface area contributed by atoms with Gasteiger partial charge in [0.15, 0.2) is 0 Å². The second-order valence-corrected chi connectivity index (χ2v) is 5.78. The molecule has 19 heavy (non-hydrogen) atoms.